The number of carboxylic acid groups (broad SMARTS) is 1. The van der Waals surface area contributed by atoms with Crippen molar-refractivity contribution in [3.05, 3.63) is 34.7 Å². The highest BCUT2D eigenvalue weighted by molar-refractivity contribution is 5.80. The van der Waals surface area contributed by atoms with E-state index in [2.05, 4.69) is 0 Å². The van der Waals surface area contributed by atoms with Crippen molar-refractivity contribution in [2.24, 2.45) is 0 Å². The number of ether oxygens (including phenoxy) is 2. The summed E-state index contributed by atoms with van der Waals surface area (Å²) in [5.74, 6) is -0.637. The maximum atomic E-state index is 11.7. The highest BCUT2D eigenvalue weighted by atomic mass is 16.5. The van der Waals surface area contributed by atoms with Crippen LogP contribution in [-0.2, 0) is 4.79 Å². The first-order valence-corrected chi connectivity index (χ1v) is 6.46. The van der Waals surface area contributed by atoms with Crippen molar-refractivity contribution < 1.29 is 23.8 Å². The molecule has 0 unspecified atom stereocenters. The molecule has 1 heterocycles. The first kappa shape index (κ1) is 14.9. The van der Waals surface area contributed by atoms with Crippen LogP contribution in [0.25, 0.3) is 11.0 Å². The summed E-state index contributed by atoms with van der Waals surface area (Å²) in [6.45, 7) is 5.01. The summed E-state index contributed by atoms with van der Waals surface area (Å²) < 4.78 is 15.7. The summed E-state index contributed by atoms with van der Waals surface area (Å²) in [6, 6.07) is 6.35. The number of fused-ring (bicyclic) bond motifs is 1. The summed E-state index contributed by atoms with van der Waals surface area (Å²) in [7, 11) is 0. The minimum absolute atomic E-state index is 0.143. The van der Waals surface area contributed by atoms with Gasteiger partial charge in [-0.15, -0.1) is 0 Å². The SMILES string of the molecule is CCOc1cc2ccc(OC(C)(C)C(=O)O)cc2oc1=O. The number of aliphatic carboxylic acids is 1. The maximum Gasteiger partial charge on any atom is 0.379 e. The molecule has 0 fully saturated rings. The van der Waals surface area contributed by atoms with Gasteiger partial charge in [0.05, 0.1) is 6.61 Å². The van der Waals surface area contributed by atoms with E-state index < -0.39 is 17.2 Å². The summed E-state index contributed by atoms with van der Waals surface area (Å²) in [5, 5.41) is 9.71. The van der Waals surface area contributed by atoms with Gasteiger partial charge >= 0.3 is 11.6 Å². The van der Waals surface area contributed by atoms with Crippen molar-refractivity contribution in [3.8, 4) is 11.5 Å². The Bertz CT molecular complexity index is 729. The minimum Gasteiger partial charge on any atom is -0.487 e. The van der Waals surface area contributed by atoms with Crippen LogP contribution in [0, 0.1) is 0 Å². The molecule has 0 amide bonds. The Kier molecular flexibility index (Phi) is 3.88. The van der Waals surface area contributed by atoms with Crippen LogP contribution >= 0.6 is 0 Å². The smallest absolute Gasteiger partial charge is 0.379 e. The highest BCUT2D eigenvalue weighted by Crippen LogP contribution is 2.25. The second kappa shape index (κ2) is 5.47. The zero-order chi connectivity index (χ0) is 15.6. The van der Waals surface area contributed by atoms with Gasteiger partial charge in [-0.2, -0.15) is 0 Å². The van der Waals surface area contributed by atoms with E-state index in [9.17, 15) is 9.59 Å². The maximum absolute atomic E-state index is 11.7. The van der Waals surface area contributed by atoms with E-state index in [1.54, 1.807) is 25.1 Å². The standard InChI is InChI=1S/C15H16O6/c1-4-19-12-7-9-5-6-10(8-11(9)20-13(12)16)21-15(2,3)14(17)18/h5-8H,4H2,1-3H3,(H,17,18). The Balaban J connectivity index is 2.41. The number of hydrogen-bond donors (Lipinski definition) is 1. The fourth-order valence-electron chi connectivity index (χ4n) is 1.73. The van der Waals surface area contributed by atoms with Gasteiger partial charge < -0.3 is 19.0 Å². The molecule has 2 aromatic rings. The number of benzene rings is 1. The quantitative estimate of drug-likeness (QED) is 0.852. The molecular formula is C15H16O6. The van der Waals surface area contributed by atoms with Crippen molar-refractivity contribution in [1.29, 1.82) is 0 Å². The summed E-state index contributed by atoms with van der Waals surface area (Å²) in [5.41, 5.74) is -1.65. The van der Waals surface area contributed by atoms with Crippen molar-refractivity contribution in [1.82, 2.24) is 0 Å². The number of carbonyl (C=O) groups is 1. The Morgan fingerprint density at radius 3 is 2.67 bits per heavy atom. The lowest BCUT2D eigenvalue weighted by molar-refractivity contribution is -0.152. The highest BCUT2D eigenvalue weighted by Gasteiger charge is 2.29. The van der Waals surface area contributed by atoms with Crippen LogP contribution < -0.4 is 15.1 Å². The zero-order valence-electron chi connectivity index (χ0n) is 12.0. The van der Waals surface area contributed by atoms with Gasteiger partial charge in [0.1, 0.15) is 11.3 Å². The van der Waals surface area contributed by atoms with E-state index >= 15 is 0 Å². The van der Waals surface area contributed by atoms with E-state index in [1.807, 2.05) is 0 Å². The van der Waals surface area contributed by atoms with Crippen molar-refractivity contribution in [2.75, 3.05) is 6.61 Å². The second-order valence-corrected chi connectivity index (χ2v) is 4.95. The Labute approximate surface area is 120 Å². The molecule has 0 aliphatic carbocycles. The van der Waals surface area contributed by atoms with Gasteiger partial charge in [0.2, 0.25) is 5.75 Å². The molecule has 112 valence electrons. The molecular weight excluding hydrogens is 276 g/mol. The molecule has 0 radical (unpaired) electrons. The zero-order valence-corrected chi connectivity index (χ0v) is 12.0. The topological polar surface area (TPSA) is 86.0 Å². The van der Waals surface area contributed by atoms with Crippen LogP contribution in [0.2, 0.25) is 0 Å². The lowest BCUT2D eigenvalue weighted by atomic mass is 10.1. The van der Waals surface area contributed by atoms with Gasteiger partial charge in [-0.25, -0.2) is 9.59 Å². The van der Waals surface area contributed by atoms with Gasteiger partial charge in [-0.05, 0) is 39.0 Å². The summed E-state index contributed by atoms with van der Waals surface area (Å²) in [6.07, 6.45) is 0. The largest absolute Gasteiger partial charge is 0.487 e. The first-order chi connectivity index (χ1) is 9.83. The Hall–Kier alpha value is -2.50. The molecule has 0 atom stereocenters. The molecule has 1 aromatic carbocycles. The van der Waals surface area contributed by atoms with Crippen LogP contribution in [0.15, 0.2) is 33.5 Å². The third-order valence-corrected chi connectivity index (χ3v) is 2.86. The summed E-state index contributed by atoms with van der Waals surface area (Å²) >= 11 is 0. The van der Waals surface area contributed by atoms with Crippen LogP contribution in [0.5, 0.6) is 11.5 Å². The van der Waals surface area contributed by atoms with Gasteiger partial charge in [0, 0.05) is 11.5 Å². The number of rotatable bonds is 5. The lowest BCUT2D eigenvalue weighted by Gasteiger charge is -2.21. The molecule has 1 aromatic heterocycles. The van der Waals surface area contributed by atoms with E-state index in [1.165, 1.54) is 19.9 Å². The van der Waals surface area contributed by atoms with Gasteiger partial charge in [0.15, 0.2) is 5.60 Å². The van der Waals surface area contributed by atoms with Gasteiger partial charge in [0.25, 0.3) is 0 Å². The molecule has 0 aliphatic heterocycles. The fraction of sp³-hybridized carbons (Fsp3) is 0.333. The van der Waals surface area contributed by atoms with Crippen LogP contribution in [-0.4, -0.2) is 23.3 Å². The first-order valence-electron chi connectivity index (χ1n) is 6.46. The molecule has 0 saturated heterocycles. The minimum atomic E-state index is -1.38. The molecule has 0 saturated carbocycles. The lowest BCUT2D eigenvalue weighted by Crippen LogP contribution is -2.37. The Morgan fingerprint density at radius 1 is 1.33 bits per heavy atom. The van der Waals surface area contributed by atoms with Crippen molar-refractivity contribution in [2.45, 2.75) is 26.4 Å². The fourth-order valence-corrected chi connectivity index (χ4v) is 1.73. The second-order valence-electron chi connectivity index (χ2n) is 4.95. The third kappa shape index (κ3) is 3.16. The van der Waals surface area contributed by atoms with Gasteiger partial charge in [-0.3, -0.25) is 0 Å². The molecule has 0 aliphatic rings. The average Bonchev–Trinajstić information content (AvgIpc) is 2.39. The van der Waals surface area contributed by atoms with Crippen LogP contribution in [0.1, 0.15) is 20.8 Å². The van der Waals surface area contributed by atoms with E-state index in [0.29, 0.717) is 23.3 Å². The molecule has 1 N–H and O–H groups in total. The average molecular weight is 292 g/mol. The predicted octanol–water partition coefficient (Wildman–Crippen LogP) is 2.43. The van der Waals surface area contributed by atoms with Crippen molar-refractivity contribution in [3.63, 3.8) is 0 Å². The van der Waals surface area contributed by atoms with Crippen LogP contribution in [0.4, 0.5) is 0 Å². The van der Waals surface area contributed by atoms with E-state index in [-0.39, 0.29) is 5.75 Å². The van der Waals surface area contributed by atoms with Gasteiger partial charge in [-0.1, -0.05) is 0 Å². The molecule has 0 spiro atoms. The third-order valence-electron chi connectivity index (χ3n) is 2.86. The molecule has 2 rings (SSSR count). The normalized spacial score (nSPS) is 11.4. The predicted molar refractivity (Wildman–Crippen MR) is 76.0 cm³/mol. The van der Waals surface area contributed by atoms with Crippen molar-refractivity contribution >= 4 is 16.9 Å². The van der Waals surface area contributed by atoms with Crippen LogP contribution in [0.3, 0.4) is 0 Å². The Morgan fingerprint density at radius 2 is 2.05 bits per heavy atom. The van der Waals surface area contributed by atoms with E-state index in [0.717, 1.165) is 0 Å². The number of carboxylic acids is 1. The molecule has 0 bridgehead atoms. The molecule has 6 nitrogen and oxygen atoms in total. The number of hydrogen-bond acceptors (Lipinski definition) is 5. The molecule has 6 heteroatoms. The monoisotopic (exact) mass is 292 g/mol. The van der Waals surface area contributed by atoms with E-state index in [4.69, 9.17) is 19.0 Å². The molecule has 21 heavy (non-hydrogen) atoms. The summed E-state index contributed by atoms with van der Waals surface area (Å²) in [4.78, 5) is 22.7.